The molecule has 1 atom stereocenters. The molecule has 116 valence electrons. The van der Waals surface area contributed by atoms with Gasteiger partial charge in [0.05, 0.1) is 24.3 Å². The number of hydrogen-bond acceptors (Lipinski definition) is 5. The van der Waals surface area contributed by atoms with Gasteiger partial charge in [-0.05, 0) is 17.7 Å². The lowest BCUT2D eigenvalue weighted by Crippen LogP contribution is -2.31. The van der Waals surface area contributed by atoms with Crippen molar-refractivity contribution in [3.8, 4) is 0 Å². The maximum absolute atomic E-state index is 11.8. The molecule has 0 aliphatic carbocycles. The van der Waals surface area contributed by atoms with Gasteiger partial charge in [-0.15, -0.1) is 0 Å². The van der Waals surface area contributed by atoms with Gasteiger partial charge in [0.25, 0.3) is 0 Å². The molecule has 0 fully saturated rings. The van der Waals surface area contributed by atoms with Crippen molar-refractivity contribution < 1.29 is 27.9 Å². The molecule has 1 aromatic rings. The summed E-state index contributed by atoms with van der Waals surface area (Å²) in [7, 11) is -2.43. The van der Waals surface area contributed by atoms with Crippen LogP contribution in [0.2, 0.25) is 0 Å². The van der Waals surface area contributed by atoms with E-state index in [0.717, 1.165) is 0 Å². The van der Waals surface area contributed by atoms with E-state index in [1.165, 1.54) is 38.3 Å². The van der Waals surface area contributed by atoms with Gasteiger partial charge in [-0.3, -0.25) is 4.79 Å². The van der Waals surface area contributed by atoms with Crippen LogP contribution in [0.15, 0.2) is 24.3 Å². The van der Waals surface area contributed by atoms with Crippen molar-refractivity contribution in [2.45, 2.75) is 13.5 Å². The van der Waals surface area contributed by atoms with Crippen LogP contribution in [-0.2, 0) is 26.1 Å². The number of esters is 1. The van der Waals surface area contributed by atoms with Gasteiger partial charge in [-0.25, -0.2) is 17.9 Å². The van der Waals surface area contributed by atoms with Gasteiger partial charge in [0, 0.05) is 6.54 Å². The van der Waals surface area contributed by atoms with Crippen molar-refractivity contribution in [1.29, 1.82) is 0 Å². The summed E-state index contributed by atoms with van der Waals surface area (Å²) in [6.45, 7) is 1.49. The highest BCUT2D eigenvalue weighted by Gasteiger charge is 2.21. The number of carbonyl (C=O) groups is 2. The molecule has 0 aliphatic rings. The molecule has 1 rings (SSSR count). The Hall–Kier alpha value is -1.93. The first-order valence-electron chi connectivity index (χ1n) is 6.12. The second kappa shape index (κ2) is 7.19. The molecule has 0 heterocycles. The largest absolute Gasteiger partial charge is 0.478 e. The Bertz CT molecular complexity index is 608. The third-order valence-corrected chi connectivity index (χ3v) is 4.29. The number of hydrogen-bond donors (Lipinski definition) is 2. The van der Waals surface area contributed by atoms with Crippen LogP contribution >= 0.6 is 0 Å². The molecule has 0 saturated heterocycles. The predicted octanol–water partition coefficient (Wildman–Crippen LogP) is 0.613. The summed E-state index contributed by atoms with van der Waals surface area (Å²) in [5, 5.41) is 8.75. The Morgan fingerprint density at radius 2 is 1.86 bits per heavy atom. The lowest BCUT2D eigenvalue weighted by atomic mass is 10.1. The maximum Gasteiger partial charge on any atom is 0.335 e. The summed E-state index contributed by atoms with van der Waals surface area (Å²) in [6.07, 6.45) is 0. The zero-order valence-electron chi connectivity index (χ0n) is 11.7. The minimum Gasteiger partial charge on any atom is -0.478 e. The topological polar surface area (TPSA) is 110 Å². The van der Waals surface area contributed by atoms with Crippen LogP contribution < -0.4 is 4.72 Å². The fraction of sp³-hybridized carbons (Fsp3) is 0.385. The smallest absolute Gasteiger partial charge is 0.335 e. The minimum atomic E-state index is -3.63. The van der Waals surface area contributed by atoms with Crippen LogP contribution in [0.5, 0.6) is 0 Å². The van der Waals surface area contributed by atoms with Gasteiger partial charge in [-0.1, -0.05) is 19.1 Å². The number of rotatable bonds is 7. The first kappa shape index (κ1) is 17.1. The lowest BCUT2D eigenvalue weighted by Gasteiger charge is -2.11. The van der Waals surface area contributed by atoms with Gasteiger partial charge in [0.2, 0.25) is 10.0 Å². The predicted molar refractivity (Wildman–Crippen MR) is 75.2 cm³/mol. The molecule has 0 radical (unpaired) electrons. The summed E-state index contributed by atoms with van der Waals surface area (Å²) >= 11 is 0. The Morgan fingerprint density at radius 1 is 1.29 bits per heavy atom. The highest BCUT2D eigenvalue weighted by Crippen LogP contribution is 2.06. The maximum atomic E-state index is 11.8. The molecule has 1 aromatic carbocycles. The number of benzene rings is 1. The molecule has 0 aromatic heterocycles. The molecule has 0 spiro atoms. The summed E-state index contributed by atoms with van der Waals surface area (Å²) < 4.78 is 30.4. The highest BCUT2D eigenvalue weighted by molar-refractivity contribution is 7.89. The fourth-order valence-corrected chi connectivity index (χ4v) is 2.91. The Morgan fingerprint density at radius 3 is 2.33 bits per heavy atom. The van der Waals surface area contributed by atoms with Crippen molar-refractivity contribution in [3.63, 3.8) is 0 Å². The van der Waals surface area contributed by atoms with Crippen LogP contribution in [0.4, 0.5) is 0 Å². The van der Waals surface area contributed by atoms with Gasteiger partial charge in [0.1, 0.15) is 0 Å². The molecule has 0 amide bonds. The number of sulfonamides is 1. The summed E-state index contributed by atoms with van der Waals surface area (Å²) in [5.41, 5.74) is 0.746. The number of nitrogens with one attached hydrogen (secondary N) is 1. The highest BCUT2D eigenvalue weighted by atomic mass is 32.2. The summed E-state index contributed by atoms with van der Waals surface area (Å²) in [5.74, 6) is -2.77. The number of carboxylic acids is 1. The van der Waals surface area contributed by atoms with Gasteiger partial charge in [0.15, 0.2) is 0 Å². The third kappa shape index (κ3) is 5.52. The average molecular weight is 315 g/mol. The van der Waals surface area contributed by atoms with Crippen molar-refractivity contribution >= 4 is 22.0 Å². The minimum absolute atomic E-state index is 0.0239. The van der Waals surface area contributed by atoms with Crippen LogP contribution in [0, 0.1) is 5.92 Å². The first-order chi connectivity index (χ1) is 9.75. The normalized spacial score (nSPS) is 12.7. The van der Waals surface area contributed by atoms with Crippen LogP contribution in [0.3, 0.4) is 0 Å². The molecule has 21 heavy (non-hydrogen) atoms. The van der Waals surface area contributed by atoms with Gasteiger partial charge < -0.3 is 9.84 Å². The zero-order valence-corrected chi connectivity index (χ0v) is 12.5. The molecular formula is C13H17NO6S. The third-order valence-electron chi connectivity index (χ3n) is 2.77. The SMILES string of the molecule is COC(=O)C(C)CS(=O)(=O)NCc1ccc(C(=O)O)cc1. The molecule has 0 saturated carbocycles. The Balaban J connectivity index is 2.61. The van der Waals surface area contributed by atoms with Crippen molar-refractivity contribution in [2.24, 2.45) is 5.92 Å². The quantitative estimate of drug-likeness (QED) is 0.714. The van der Waals surface area contributed by atoms with E-state index in [4.69, 9.17) is 5.11 Å². The first-order valence-corrected chi connectivity index (χ1v) is 7.78. The monoisotopic (exact) mass is 315 g/mol. The lowest BCUT2D eigenvalue weighted by molar-refractivity contribution is -0.144. The van der Waals surface area contributed by atoms with E-state index >= 15 is 0 Å². The molecule has 7 nitrogen and oxygen atoms in total. The van der Waals surface area contributed by atoms with E-state index < -0.39 is 27.9 Å². The number of aromatic carboxylic acids is 1. The number of methoxy groups -OCH3 is 1. The molecular weight excluding hydrogens is 298 g/mol. The van der Waals surface area contributed by atoms with E-state index in [1.54, 1.807) is 0 Å². The van der Waals surface area contributed by atoms with Crippen LogP contribution in [0.1, 0.15) is 22.8 Å². The van der Waals surface area contributed by atoms with E-state index in [9.17, 15) is 18.0 Å². The zero-order chi connectivity index (χ0) is 16.0. The molecule has 8 heteroatoms. The molecule has 0 bridgehead atoms. The Labute approximate surface area is 123 Å². The average Bonchev–Trinajstić information content (AvgIpc) is 2.44. The van der Waals surface area contributed by atoms with Crippen LogP contribution in [0.25, 0.3) is 0 Å². The fourth-order valence-electron chi connectivity index (χ4n) is 1.62. The number of carbonyl (C=O) groups excluding carboxylic acids is 1. The van der Waals surface area contributed by atoms with E-state index in [1.807, 2.05) is 0 Å². The second-order valence-electron chi connectivity index (χ2n) is 4.53. The summed E-state index contributed by atoms with van der Waals surface area (Å²) in [4.78, 5) is 21.9. The summed E-state index contributed by atoms with van der Waals surface area (Å²) in [6, 6.07) is 5.83. The number of ether oxygens (including phenoxy) is 1. The Kier molecular flexibility index (Phi) is 5.86. The second-order valence-corrected chi connectivity index (χ2v) is 6.38. The standard InChI is InChI=1S/C13H17NO6S/c1-9(13(17)20-2)8-21(18,19)14-7-10-3-5-11(6-4-10)12(15)16/h3-6,9,14H,7-8H2,1-2H3,(H,15,16). The van der Waals surface area contributed by atoms with E-state index in [0.29, 0.717) is 5.56 Å². The van der Waals surface area contributed by atoms with Gasteiger partial charge in [-0.2, -0.15) is 0 Å². The van der Waals surface area contributed by atoms with E-state index in [-0.39, 0.29) is 17.9 Å². The van der Waals surface area contributed by atoms with E-state index in [2.05, 4.69) is 9.46 Å². The number of carboxylic acid groups (broad SMARTS) is 1. The van der Waals surface area contributed by atoms with Crippen LogP contribution in [-0.4, -0.2) is 38.3 Å². The molecule has 2 N–H and O–H groups in total. The van der Waals surface area contributed by atoms with Crippen molar-refractivity contribution in [3.05, 3.63) is 35.4 Å². The van der Waals surface area contributed by atoms with Crippen molar-refractivity contribution in [2.75, 3.05) is 12.9 Å². The van der Waals surface area contributed by atoms with Crippen molar-refractivity contribution in [1.82, 2.24) is 4.72 Å². The van der Waals surface area contributed by atoms with Gasteiger partial charge >= 0.3 is 11.9 Å². The molecule has 1 unspecified atom stereocenters. The molecule has 0 aliphatic heterocycles.